The molecule has 2 aromatic rings. The number of rotatable bonds is 1. The van der Waals surface area contributed by atoms with Gasteiger partial charge in [-0.05, 0) is 24.1 Å². The molecule has 0 atom stereocenters. The van der Waals surface area contributed by atoms with Gasteiger partial charge in [0.05, 0.1) is 5.52 Å². The van der Waals surface area contributed by atoms with Crippen molar-refractivity contribution in [3.63, 3.8) is 0 Å². The molecule has 0 saturated heterocycles. The standard InChI is InChI=1S/C9H11N3/c1-2-6-3-4-8-7(5-6)9(10)12-11-8/h3-5H,2H2,1H3,(H3,10,11,12). The molecular weight excluding hydrogens is 150 g/mol. The highest BCUT2D eigenvalue weighted by Gasteiger charge is 2.01. The molecular formula is C9H11N3. The lowest BCUT2D eigenvalue weighted by atomic mass is 10.1. The third kappa shape index (κ3) is 0.942. The second kappa shape index (κ2) is 2.52. The van der Waals surface area contributed by atoms with E-state index in [9.17, 15) is 0 Å². The van der Waals surface area contributed by atoms with E-state index in [-0.39, 0.29) is 0 Å². The van der Waals surface area contributed by atoms with Crippen LogP contribution in [0.25, 0.3) is 10.9 Å². The molecule has 62 valence electrons. The molecule has 0 spiro atoms. The smallest absolute Gasteiger partial charge is 0.153 e. The van der Waals surface area contributed by atoms with Gasteiger partial charge in [-0.15, -0.1) is 0 Å². The minimum atomic E-state index is 0.584. The number of nitrogens with zero attached hydrogens (tertiary/aromatic N) is 1. The van der Waals surface area contributed by atoms with E-state index in [2.05, 4.69) is 29.3 Å². The zero-order valence-corrected chi connectivity index (χ0v) is 6.96. The summed E-state index contributed by atoms with van der Waals surface area (Å²) in [6.45, 7) is 2.12. The Labute approximate surface area is 70.6 Å². The van der Waals surface area contributed by atoms with E-state index < -0.39 is 0 Å². The molecule has 1 aromatic carbocycles. The molecule has 1 aromatic heterocycles. The Morgan fingerprint density at radius 1 is 1.50 bits per heavy atom. The fourth-order valence-corrected chi connectivity index (χ4v) is 1.30. The molecule has 0 aliphatic heterocycles. The fourth-order valence-electron chi connectivity index (χ4n) is 1.30. The average Bonchev–Trinajstić information content (AvgIpc) is 2.47. The summed E-state index contributed by atoms with van der Waals surface area (Å²) < 4.78 is 0. The second-order valence-corrected chi connectivity index (χ2v) is 2.84. The Morgan fingerprint density at radius 3 is 3.08 bits per heavy atom. The minimum absolute atomic E-state index is 0.584. The van der Waals surface area contributed by atoms with Crippen molar-refractivity contribution < 1.29 is 0 Å². The van der Waals surface area contributed by atoms with Crippen LogP contribution < -0.4 is 5.73 Å². The molecule has 0 aliphatic carbocycles. The Kier molecular flexibility index (Phi) is 1.50. The van der Waals surface area contributed by atoms with Crippen LogP contribution >= 0.6 is 0 Å². The lowest BCUT2D eigenvalue weighted by molar-refractivity contribution is 1.12. The van der Waals surface area contributed by atoms with E-state index in [1.807, 2.05) is 6.07 Å². The summed E-state index contributed by atoms with van der Waals surface area (Å²) in [5.41, 5.74) is 7.95. The molecule has 1 heterocycles. The summed E-state index contributed by atoms with van der Waals surface area (Å²) in [4.78, 5) is 0. The van der Waals surface area contributed by atoms with Crippen molar-refractivity contribution in [2.24, 2.45) is 0 Å². The number of H-pyrrole nitrogens is 1. The Morgan fingerprint density at radius 2 is 2.33 bits per heavy atom. The van der Waals surface area contributed by atoms with Gasteiger partial charge in [0.25, 0.3) is 0 Å². The Balaban J connectivity index is 2.71. The van der Waals surface area contributed by atoms with Crippen LogP contribution in [0.3, 0.4) is 0 Å². The molecule has 0 radical (unpaired) electrons. The molecule has 0 aliphatic rings. The monoisotopic (exact) mass is 161 g/mol. The number of nitrogen functional groups attached to an aromatic ring is 1. The second-order valence-electron chi connectivity index (χ2n) is 2.84. The largest absolute Gasteiger partial charge is 0.382 e. The van der Waals surface area contributed by atoms with Crippen LogP contribution in [0.15, 0.2) is 18.2 Å². The average molecular weight is 161 g/mol. The quantitative estimate of drug-likeness (QED) is 0.669. The molecule has 0 bridgehead atoms. The van der Waals surface area contributed by atoms with Crippen LogP contribution in [0.4, 0.5) is 5.82 Å². The predicted molar refractivity (Wildman–Crippen MR) is 49.9 cm³/mol. The van der Waals surface area contributed by atoms with Crippen molar-refractivity contribution in [2.75, 3.05) is 5.73 Å². The zero-order chi connectivity index (χ0) is 8.55. The van der Waals surface area contributed by atoms with Gasteiger partial charge >= 0.3 is 0 Å². The first-order chi connectivity index (χ1) is 5.81. The number of hydrogen-bond donors (Lipinski definition) is 2. The van der Waals surface area contributed by atoms with Gasteiger partial charge < -0.3 is 5.73 Å². The van der Waals surface area contributed by atoms with Crippen molar-refractivity contribution in [3.05, 3.63) is 23.8 Å². The first-order valence-electron chi connectivity index (χ1n) is 4.03. The third-order valence-electron chi connectivity index (χ3n) is 2.06. The molecule has 0 unspecified atom stereocenters. The van der Waals surface area contributed by atoms with E-state index >= 15 is 0 Å². The summed E-state index contributed by atoms with van der Waals surface area (Å²) in [6, 6.07) is 6.17. The number of fused-ring (bicyclic) bond motifs is 1. The van der Waals surface area contributed by atoms with Crippen LogP contribution in [0.2, 0.25) is 0 Å². The lowest BCUT2D eigenvalue weighted by Crippen LogP contribution is -1.84. The number of nitrogens with one attached hydrogen (secondary N) is 1. The van der Waals surface area contributed by atoms with E-state index in [1.165, 1.54) is 5.56 Å². The molecule has 3 heteroatoms. The summed E-state index contributed by atoms with van der Waals surface area (Å²) in [5.74, 6) is 0.584. The maximum atomic E-state index is 5.66. The number of aromatic nitrogens is 2. The maximum Gasteiger partial charge on any atom is 0.153 e. The minimum Gasteiger partial charge on any atom is -0.382 e. The van der Waals surface area contributed by atoms with E-state index in [4.69, 9.17) is 5.73 Å². The van der Waals surface area contributed by atoms with Crippen LogP contribution in [0, 0.1) is 0 Å². The highest BCUT2D eigenvalue weighted by atomic mass is 15.1. The van der Waals surface area contributed by atoms with Gasteiger partial charge in [0.2, 0.25) is 0 Å². The fraction of sp³-hybridized carbons (Fsp3) is 0.222. The van der Waals surface area contributed by atoms with Crippen molar-refractivity contribution >= 4 is 16.7 Å². The third-order valence-corrected chi connectivity index (χ3v) is 2.06. The van der Waals surface area contributed by atoms with Crippen molar-refractivity contribution in [1.29, 1.82) is 0 Å². The number of aromatic amines is 1. The van der Waals surface area contributed by atoms with Gasteiger partial charge in [0, 0.05) is 5.39 Å². The molecule has 0 amide bonds. The van der Waals surface area contributed by atoms with Crippen LogP contribution in [0.1, 0.15) is 12.5 Å². The van der Waals surface area contributed by atoms with Crippen LogP contribution in [-0.2, 0) is 6.42 Å². The number of benzene rings is 1. The first kappa shape index (κ1) is 7.16. The Hall–Kier alpha value is -1.51. The molecule has 3 nitrogen and oxygen atoms in total. The molecule has 12 heavy (non-hydrogen) atoms. The van der Waals surface area contributed by atoms with Crippen LogP contribution in [-0.4, -0.2) is 10.2 Å². The zero-order valence-electron chi connectivity index (χ0n) is 6.96. The van der Waals surface area contributed by atoms with Gasteiger partial charge in [-0.2, -0.15) is 5.10 Å². The summed E-state index contributed by atoms with van der Waals surface area (Å²) in [7, 11) is 0. The van der Waals surface area contributed by atoms with Gasteiger partial charge in [0.1, 0.15) is 0 Å². The number of aryl methyl sites for hydroxylation is 1. The topological polar surface area (TPSA) is 54.7 Å². The van der Waals surface area contributed by atoms with Crippen molar-refractivity contribution in [1.82, 2.24) is 10.2 Å². The first-order valence-corrected chi connectivity index (χ1v) is 4.03. The molecule has 0 saturated carbocycles. The summed E-state index contributed by atoms with van der Waals surface area (Å²) in [5, 5.41) is 7.81. The number of hydrogen-bond acceptors (Lipinski definition) is 2. The maximum absolute atomic E-state index is 5.66. The van der Waals surface area contributed by atoms with Crippen molar-refractivity contribution in [3.8, 4) is 0 Å². The van der Waals surface area contributed by atoms with Gasteiger partial charge in [0.15, 0.2) is 5.82 Å². The number of nitrogens with two attached hydrogens (primary N) is 1. The highest BCUT2D eigenvalue weighted by Crippen LogP contribution is 2.18. The SMILES string of the molecule is CCc1ccc2[nH]nc(N)c2c1. The number of anilines is 1. The molecule has 0 fully saturated rings. The van der Waals surface area contributed by atoms with Gasteiger partial charge in [-0.3, -0.25) is 5.10 Å². The van der Waals surface area contributed by atoms with E-state index in [0.717, 1.165) is 17.3 Å². The van der Waals surface area contributed by atoms with Gasteiger partial charge in [-0.25, -0.2) is 0 Å². The Bertz CT molecular complexity index is 403. The van der Waals surface area contributed by atoms with Gasteiger partial charge in [-0.1, -0.05) is 13.0 Å². The van der Waals surface area contributed by atoms with Crippen LogP contribution in [0.5, 0.6) is 0 Å². The lowest BCUT2D eigenvalue weighted by Gasteiger charge is -1.95. The van der Waals surface area contributed by atoms with E-state index in [0.29, 0.717) is 5.82 Å². The van der Waals surface area contributed by atoms with Crippen molar-refractivity contribution in [2.45, 2.75) is 13.3 Å². The predicted octanol–water partition coefficient (Wildman–Crippen LogP) is 1.71. The molecule has 2 rings (SSSR count). The normalized spacial score (nSPS) is 10.8. The summed E-state index contributed by atoms with van der Waals surface area (Å²) >= 11 is 0. The van der Waals surface area contributed by atoms with E-state index in [1.54, 1.807) is 0 Å². The highest BCUT2D eigenvalue weighted by molar-refractivity contribution is 5.88. The summed E-state index contributed by atoms with van der Waals surface area (Å²) in [6.07, 6.45) is 1.03. The molecule has 3 N–H and O–H groups in total.